The summed E-state index contributed by atoms with van der Waals surface area (Å²) >= 11 is 0. The van der Waals surface area contributed by atoms with Gasteiger partial charge < -0.3 is 0 Å². The normalized spacial score (nSPS) is 25.8. The maximum Gasteiger partial charge on any atom is 0.347 e. The van der Waals surface area contributed by atoms with Gasteiger partial charge in [0.1, 0.15) is 0 Å². The fourth-order valence-corrected chi connectivity index (χ4v) is 0.688. The van der Waals surface area contributed by atoms with Gasteiger partial charge in [0.05, 0.1) is 5.92 Å². The summed E-state index contributed by atoms with van der Waals surface area (Å²) in [6.07, 6.45) is 0. The Morgan fingerprint density at radius 3 is 2.60 bits per heavy atom. The number of imide groups is 1. The minimum absolute atomic E-state index is 0.266. The van der Waals surface area contributed by atoms with Crippen molar-refractivity contribution >= 4 is 17.6 Å². The Morgan fingerprint density at radius 1 is 1.50 bits per heavy atom. The van der Waals surface area contributed by atoms with Crippen LogP contribution in [0.25, 0.3) is 0 Å². The molecular weight excluding hydrogens is 132 g/mol. The molecule has 54 valence electrons. The number of hydrogen-bond donors (Lipinski definition) is 1. The highest BCUT2D eigenvalue weighted by Gasteiger charge is 2.23. The Kier molecular flexibility index (Phi) is 1.53. The first-order chi connectivity index (χ1) is 4.61. The van der Waals surface area contributed by atoms with E-state index in [1.807, 2.05) is 0 Å². The zero-order valence-corrected chi connectivity index (χ0v) is 5.84. The third kappa shape index (κ3) is 1.05. The molecule has 0 fully saturated rings. The highest BCUT2D eigenvalue weighted by atomic mass is 16.2. The van der Waals surface area contributed by atoms with Crippen LogP contribution in [0.2, 0.25) is 0 Å². The zero-order valence-electron chi connectivity index (χ0n) is 5.84. The third-order valence-corrected chi connectivity index (χ3v) is 1.53. The van der Waals surface area contributed by atoms with Crippen molar-refractivity contribution < 1.29 is 9.59 Å². The van der Waals surface area contributed by atoms with Crippen molar-refractivity contribution in [3.05, 3.63) is 0 Å². The molecule has 1 N–H and O–H groups in total. The molecule has 1 unspecified atom stereocenters. The van der Waals surface area contributed by atoms with E-state index in [1.54, 1.807) is 13.8 Å². The van der Waals surface area contributed by atoms with E-state index in [4.69, 9.17) is 0 Å². The lowest BCUT2D eigenvalue weighted by atomic mass is 10.1. The summed E-state index contributed by atoms with van der Waals surface area (Å²) in [7, 11) is 0. The van der Waals surface area contributed by atoms with Gasteiger partial charge in [-0.1, -0.05) is 0 Å². The molecule has 4 nitrogen and oxygen atoms in total. The van der Waals surface area contributed by atoms with E-state index in [2.05, 4.69) is 10.3 Å². The van der Waals surface area contributed by atoms with Crippen LogP contribution in [0.5, 0.6) is 0 Å². The SMILES string of the molecule is CC1=NC(=O)NC(=O)C1C. The summed E-state index contributed by atoms with van der Waals surface area (Å²) in [6.45, 7) is 3.38. The van der Waals surface area contributed by atoms with E-state index in [-0.39, 0.29) is 11.8 Å². The summed E-state index contributed by atoms with van der Waals surface area (Å²) in [5.74, 6) is -0.532. The first-order valence-corrected chi connectivity index (χ1v) is 3.01. The zero-order chi connectivity index (χ0) is 7.72. The molecule has 10 heavy (non-hydrogen) atoms. The van der Waals surface area contributed by atoms with Gasteiger partial charge in [0.25, 0.3) is 0 Å². The van der Waals surface area contributed by atoms with E-state index in [0.717, 1.165) is 0 Å². The molecule has 1 aliphatic rings. The predicted octanol–water partition coefficient (Wildman–Crippen LogP) is 0.333. The molecule has 1 rings (SSSR count). The van der Waals surface area contributed by atoms with Crippen molar-refractivity contribution in [1.29, 1.82) is 0 Å². The quantitative estimate of drug-likeness (QED) is 0.527. The van der Waals surface area contributed by atoms with Crippen LogP contribution in [-0.2, 0) is 4.79 Å². The number of aliphatic imine (C=N–C) groups is 1. The lowest BCUT2D eigenvalue weighted by Crippen LogP contribution is -2.40. The summed E-state index contributed by atoms with van der Waals surface area (Å²) in [5, 5.41) is 2.09. The number of carbonyl (C=O) groups excluding carboxylic acids is 2. The van der Waals surface area contributed by atoms with Gasteiger partial charge in [0.2, 0.25) is 5.91 Å². The molecule has 0 aromatic rings. The van der Waals surface area contributed by atoms with Crippen LogP contribution >= 0.6 is 0 Å². The monoisotopic (exact) mass is 140 g/mol. The Morgan fingerprint density at radius 2 is 2.10 bits per heavy atom. The lowest BCUT2D eigenvalue weighted by Gasteiger charge is -2.14. The van der Waals surface area contributed by atoms with Gasteiger partial charge >= 0.3 is 6.03 Å². The molecule has 3 amide bonds. The molecule has 0 saturated heterocycles. The van der Waals surface area contributed by atoms with Gasteiger partial charge in [-0.05, 0) is 13.8 Å². The van der Waals surface area contributed by atoms with Crippen molar-refractivity contribution in [2.45, 2.75) is 13.8 Å². The average molecular weight is 140 g/mol. The Labute approximate surface area is 58.3 Å². The average Bonchev–Trinajstić information content (AvgIpc) is 1.82. The minimum Gasteiger partial charge on any atom is -0.276 e. The van der Waals surface area contributed by atoms with Crippen LogP contribution in [0.4, 0.5) is 4.79 Å². The molecule has 0 bridgehead atoms. The van der Waals surface area contributed by atoms with Crippen LogP contribution < -0.4 is 5.32 Å². The van der Waals surface area contributed by atoms with Gasteiger partial charge in [-0.15, -0.1) is 0 Å². The summed E-state index contributed by atoms with van der Waals surface area (Å²) in [6, 6.07) is -0.555. The second kappa shape index (κ2) is 2.21. The number of hydrogen-bond acceptors (Lipinski definition) is 2. The van der Waals surface area contributed by atoms with Gasteiger partial charge in [-0.3, -0.25) is 10.1 Å². The standard InChI is InChI=1S/C6H8N2O2/c1-3-4(2)7-6(10)8-5(3)9/h3H,1-2H3,(H,8,9,10). The number of nitrogens with zero attached hydrogens (tertiary/aromatic N) is 1. The van der Waals surface area contributed by atoms with Crippen molar-refractivity contribution in [3.8, 4) is 0 Å². The third-order valence-electron chi connectivity index (χ3n) is 1.53. The van der Waals surface area contributed by atoms with Crippen molar-refractivity contribution in [3.63, 3.8) is 0 Å². The smallest absolute Gasteiger partial charge is 0.276 e. The first kappa shape index (κ1) is 6.92. The van der Waals surface area contributed by atoms with E-state index < -0.39 is 6.03 Å². The number of rotatable bonds is 0. The highest BCUT2D eigenvalue weighted by molar-refractivity contribution is 6.15. The van der Waals surface area contributed by atoms with Gasteiger partial charge in [-0.2, -0.15) is 0 Å². The maximum atomic E-state index is 10.8. The van der Waals surface area contributed by atoms with E-state index in [1.165, 1.54) is 0 Å². The maximum absolute atomic E-state index is 10.8. The number of carbonyl (C=O) groups is 2. The van der Waals surface area contributed by atoms with Gasteiger partial charge in [0, 0.05) is 5.71 Å². The van der Waals surface area contributed by atoms with Crippen LogP contribution in [0.1, 0.15) is 13.8 Å². The molecule has 0 saturated carbocycles. The van der Waals surface area contributed by atoms with E-state index >= 15 is 0 Å². The van der Waals surface area contributed by atoms with Crippen molar-refractivity contribution in [2.75, 3.05) is 0 Å². The van der Waals surface area contributed by atoms with Crippen LogP contribution in [0.15, 0.2) is 4.99 Å². The minimum atomic E-state index is -0.555. The Bertz CT molecular complexity index is 220. The molecule has 0 radical (unpaired) electrons. The number of amides is 3. The summed E-state index contributed by atoms with van der Waals surface area (Å²) in [4.78, 5) is 24.9. The number of urea groups is 1. The number of nitrogens with one attached hydrogen (secondary N) is 1. The first-order valence-electron chi connectivity index (χ1n) is 3.01. The predicted molar refractivity (Wildman–Crippen MR) is 35.8 cm³/mol. The van der Waals surface area contributed by atoms with Gasteiger partial charge in [-0.25, -0.2) is 9.79 Å². The molecule has 0 aromatic heterocycles. The summed E-state index contributed by atoms with van der Waals surface area (Å²) < 4.78 is 0. The fraction of sp³-hybridized carbons (Fsp3) is 0.500. The van der Waals surface area contributed by atoms with Crippen LogP contribution in [-0.4, -0.2) is 17.6 Å². The highest BCUT2D eigenvalue weighted by Crippen LogP contribution is 2.03. The molecule has 1 aliphatic heterocycles. The largest absolute Gasteiger partial charge is 0.347 e. The molecular formula is C6H8N2O2. The topological polar surface area (TPSA) is 58.5 Å². The fourth-order valence-electron chi connectivity index (χ4n) is 0.688. The van der Waals surface area contributed by atoms with Crippen molar-refractivity contribution in [2.24, 2.45) is 10.9 Å². The lowest BCUT2D eigenvalue weighted by molar-refractivity contribution is -0.121. The summed E-state index contributed by atoms with van der Waals surface area (Å²) in [5.41, 5.74) is 0.578. The van der Waals surface area contributed by atoms with E-state index in [0.29, 0.717) is 5.71 Å². The van der Waals surface area contributed by atoms with Gasteiger partial charge in [0.15, 0.2) is 0 Å². The molecule has 0 aromatic carbocycles. The second-order valence-electron chi connectivity index (χ2n) is 2.27. The molecule has 0 aliphatic carbocycles. The van der Waals surface area contributed by atoms with E-state index in [9.17, 15) is 9.59 Å². The molecule has 1 atom stereocenters. The van der Waals surface area contributed by atoms with Crippen LogP contribution in [0.3, 0.4) is 0 Å². The molecule has 0 spiro atoms. The molecule has 1 heterocycles. The second-order valence-corrected chi connectivity index (χ2v) is 2.27. The molecule has 4 heteroatoms. The van der Waals surface area contributed by atoms with Crippen molar-refractivity contribution in [1.82, 2.24) is 5.32 Å². The Balaban J connectivity index is 2.91. The Hall–Kier alpha value is -1.19. The van der Waals surface area contributed by atoms with Crippen LogP contribution in [0, 0.1) is 5.92 Å².